The van der Waals surface area contributed by atoms with E-state index in [0.29, 0.717) is 0 Å². The number of pyridine rings is 1. The topological polar surface area (TPSA) is 45.1 Å². The van der Waals surface area contributed by atoms with Crippen LogP contribution in [0.1, 0.15) is 11.6 Å². The molecule has 1 atom stereocenters. The fraction of sp³-hybridized carbons (Fsp3) is 0.375. The minimum Gasteiger partial charge on any atom is -0.394 e. The van der Waals surface area contributed by atoms with E-state index in [1.807, 2.05) is 0 Å². The lowest BCUT2D eigenvalue weighted by Crippen LogP contribution is -2.20. The predicted molar refractivity (Wildman–Crippen MR) is 43.1 cm³/mol. The average molecular weight is 170 g/mol. The van der Waals surface area contributed by atoms with E-state index >= 15 is 0 Å². The van der Waals surface area contributed by atoms with Crippen LogP contribution in [0.2, 0.25) is 0 Å². The van der Waals surface area contributed by atoms with Crippen LogP contribution in [-0.4, -0.2) is 23.7 Å². The molecule has 0 aliphatic heterocycles. The number of aromatic nitrogens is 1. The van der Waals surface area contributed by atoms with Crippen LogP contribution >= 0.6 is 0 Å². The summed E-state index contributed by atoms with van der Waals surface area (Å²) in [5.74, 6) is -0.508. The molecule has 0 aliphatic rings. The van der Waals surface area contributed by atoms with Gasteiger partial charge in [-0.25, -0.2) is 4.98 Å². The fourth-order valence-corrected chi connectivity index (χ4v) is 0.957. The summed E-state index contributed by atoms with van der Waals surface area (Å²) in [5, 5.41) is 11.7. The van der Waals surface area contributed by atoms with Crippen LogP contribution in [0.3, 0.4) is 0 Å². The van der Waals surface area contributed by atoms with E-state index in [4.69, 9.17) is 5.11 Å². The molecule has 1 unspecified atom stereocenters. The van der Waals surface area contributed by atoms with Crippen molar-refractivity contribution in [3.05, 3.63) is 29.8 Å². The molecule has 0 spiro atoms. The number of rotatable bonds is 3. The van der Waals surface area contributed by atoms with Crippen LogP contribution in [0, 0.1) is 5.95 Å². The molecule has 3 nitrogen and oxygen atoms in total. The summed E-state index contributed by atoms with van der Waals surface area (Å²) < 4.78 is 12.4. The van der Waals surface area contributed by atoms with Crippen molar-refractivity contribution in [2.45, 2.75) is 6.04 Å². The molecule has 1 aromatic rings. The van der Waals surface area contributed by atoms with Crippen LogP contribution in [0.4, 0.5) is 4.39 Å². The predicted octanol–water partition coefficient (Wildman–Crippen LogP) is 0.474. The van der Waals surface area contributed by atoms with Crippen molar-refractivity contribution in [3.63, 3.8) is 0 Å². The summed E-state index contributed by atoms with van der Waals surface area (Å²) in [6.45, 7) is -0.0240. The molecule has 4 heteroatoms. The normalized spacial score (nSPS) is 12.9. The zero-order valence-corrected chi connectivity index (χ0v) is 6.79. The van der Waals surface area contributed by atoms with E-state index in [0.717, 1.165) is 5.56 Å². The molecule has 0 bridgehead atoms. The largest absolute Gasteiger partial charge is 0.394 e. The van der Waals surface area contributed by atoms with Crippen molar-refractivity contribution in [1.29, 1.82) is 0 Å². The molecule has 1 aromatic heterocycles. The zero-order valence-electron chi connectivity index (χ0n) is 6.79. The van der Waals surface area contributed by atoms with Gasteiger partial charge in [0.1, 0.15) is 0 Å². The Labute approximate surface area is 70.3 Å². The maximum atomic E-state index is 12.4. The molecule has 0 radical (unpaired) electrons. The Balaban J connectivity index is 2.80. The third-order valence-electron chi connectivity index (χ3n) is 1.68. The molecule has 2 N–H and O–H groups in total. The smallest absolute Gasteiger partial charge is 0.212 e. The van der Waals surface area contributed by atoms with Gasteiger partial charge in [-0.3, -0.25) is 0 Å². The summed E-state index contributed by atoms with van der Waals surface area (Å²) in [6, 6.07) is 2.70. The number of halogens is 1. The molecule has 1 rings (SSSR count). The number of hydrogen-bond donors (Lipinski definition) is 2. The molecular formula is C8H11FN2O. The molecule has 0 aliphatic carbocycles. The van der Waals surface area contributed by atoms with Gasteiger partial charge >= 0.3 is 0 Å². The Bertz CT molecular complexity index is 233. The molecule has 0 saturated heterocycles. The van der Waals surface area contributed by atoms with Crippen molar-refractivity contribution in [2.24, 2.45) is 0 Å². The highest BCUT2D eigenvalue weighted by atomic mass is 19.1. The zero-order chi connectivity index (χ0) is 8.97. The highest BCUT2D eigenvalue weighted by Gasteiger charge is 2.06. The Morgan fingerprint density at radius 3 is 2.83 bits per heavy atom. The van der Waals surface area contributed by atoms with E-state index in [-0.39, 0.29) is 12.6 Å². The van der Waals surface area contributed by atoms with Gasteiger partial charge in [0.15, 0.2) is 0 Å². The van der Waals surface area contributed by atoms with Gasteiger partial charge in [0.25, 0.3) is 0 Å². The third kappa shape index (κ3) is 1.99. The summed E-state index contributed by atoms with van der Waals surface area (Å²) in [4.78, 5) is 3.48. The van der Waals surface area contributed by atoms with E-state index in [2.05, 4.69) is 10.3 Å². The number of nitrogens with zero attached hydrogens (tertiary/aromatic N) is 1. The van der Waals surface area contributed by atoms with Crippen molar-refractivity contribution < 1.29 is 9.50 Å². The monoisotopic (exact) mass is 170 g/mol. The van der Waals surface area contributed by atoms with Crippen LogP contribution in [0.15, 0.2) is 18.3 Å². The average Bonchev–Trinajstić information content (AvgIpc) is 2.10. The van der Waals surface area contributed by atoms with Gasteiger partial charge in [0, 0.05) is 6.20 Å². The number of hydrogen-bond acceptors (Lipinski definition) is 3. The minimum atomic E-state index is -0.508. The summed E-state index contributed by atoms with van der Waals surface area (Å²) >= 11 is 0. The van der Waals surface area contributed by atoms with Gasteiger partial charge in [-0.2, -0.15) is 4.39 Å². The summed E-state index contributed by atoms with van der Waals surface area (Å²) in [6.07, 6.45) is 1.41. The van der Waals surface area contributed by atoms with E-state index in [1.165, 1.54) is 12.3 Å². The first kappa shape index (κ1) is 9.09. The van der Waals surface area contributed by atoms with Crippen molar-refractivity contribution in [3.8, 4) is 0 Å². The van der Waals surface area contributed by atoms with E-state index in [1.54, 1.807) is 13.1 Å². The fourth-order valence-electron chi connectivity index (χ4n) is 0.957. The van der Waals surface area contributed by atoms with Crippen LogP contribution in [0.25, 0.3) is 0 Å². The molecule has 0 aromatic carbocycles. The van der Waals surface area contributed by atoms with Crippen LogP contribution in [-0.2, 0) is 0 Å². The van der Waals surface area contributed by atoms with Gasteiger partial charge in [0.2, 0.25) is 5.95 Å². The standard InChI is InChI=1S/C8H11FN2O/c1-10-7(5-12)6-2-3-8(9)11-4-6/h2-4,7,10,12H,5H2,1H3. The van der Waals surface area contributed by atoms with Crippen LogP contribution in [0.5, 0.6) is 0 Å². The molecule has 12 heavy (non-hydrogen) atoms. The second-order valence-electron chi connectivity index (χ2n) is 2.44. The number of likely N-dealkylation sites (N-methyl/N-ethyl adjacent to an activating group) is 1. The van der Waals surface area contributed by atoms with Gasteiger partial charge in [-0.05, 0) is 18.7 Å². The van der Waals surface area contributed by atoms with Gasteiger partial charge < -0.3 is 10.4 Å². The lowest BCUT2D eigenvalue weighted by Gasteiger charge is -2.11. The van der Waals surface area contributed by atoms with Crippen LogP contribution < -0.4 is 5.32 Å². The lowest BCUT2D eigenvalue weighted by atomic mass is 10.1. The molecule has 0 amide bonds. The highest BCUT2D eigenvalue weighted by molar-refractivity contribution is 5.14. The van der Waals surface area contributed by atoms with Crippen molar-refractivity contribution in [1.82, 2.24) is 10.3 Å². The van der Waals surface area contributed by atoms with E-state index < -0.39 is 5.95 Å². The maximum Gasteiger partial charge on any atom is 0.212 e. The molecule has 1 heterocycles. The summed E-state index contributed by atoms with van der Waals surface area (Å²) in [7, 11) is 1.73. The van der Waals surface area contributed by atoms with Crippen molar-refractivity contribution >= 4 is 0 Å². The Morgan fingerprint density at radius 2 is 2.42 bits per heavy atom. The van der Waals surface area contributed by atoms with Gasteiger partial charge in [-0.1, -0.05) is 6.07 Å². The second kappa shape index (κ2) is 4.13. The number of aliphatic hydroxyl groups is 1. The quantitative estimate of drug-likeness (QED) is 0.648. The SMILES string of the molecule is CNC(CO)c1ccc(F)nc1. The number of nitrogens with one attached hydrogen (secondary N) is 1. The van der Waals surface area contributed by atoms with Gasteiger partial charge in [0.05, 0.1) is 12.6 Å². The first-order valence-electron chi connectivity index (χ1n) is 3.67. The van der Waals surface area contributed by atoms with Gasteiger partial charge in [-0.15, -0.1) is 0 Å². The molecule has 0 fully saturated rings. The first-order valence-corrected chi connectivity index (χ1v) is 3.67. The summed E-state index contributed by atoms with van der Waals surface area (Å²) in [5.41, 5.74) is 0.779. The Hall–Kier alpha value is -1.00. The highest BCUT2D eigenvalue weighted by Crippen LogP contribution is 2.09. The molecule has 0 saturated carbocycles. The maximum absolute atomic E-state index is 12.4. The Kier molecular flexibility index (Phi) is 3.13. The molecular weight excluding hydrogens is 159 g/mol. The lowest BCUT2D eigenvalue weighted by molar-refractivity contribution is 0.250. The molecule has 66 valence electrons. The van der Waals surface area contributed by atoms with E-state index in [9.17, 15) is 4.39 Å². The second-order valence-corrected chi connectivity index (χ2v) is 2.44. The number of aliphatic hydroxyl groups excluding tert-OH is 1. The third-order valence-corrected chi connectivity index (χ3v) is 1.68. The minimum absolute atomic E-state index is 0.0240. The van der Waals surface area contributed by atoms with Crippen molar-refractivity contribution in [2.75, 3.05) is 13.7 Å². The Morgan fingerprint density at radius 1 is 1.67 bits per heavy atom. The first-order chi connectivity index (χ1) is 5.77.